The Morgan fingerprint density at radius 2 is 1.94 bits per heavy atom. The van der Waals surface area contributed by atoms with Gasteiger partial charge >= 0.3 is 0 Å². The summed E-state index contributed by atoms with van der Waals surface area (Å²) >= 11 is 2.17. The lowest BCUT2D eigenvalue weighted by molar-refractivity contribution is 0.494. The summed E-state index contributed by atoms with van der Waals surface area (Å²) in [5.41, 5.74) is 0. The van der Waals surface area contributed by atoms with Gasteiger partial charge in [0.05, 0.1) is 0 Å². The Hall–Kier alpha value is -0.430. The average molecular weight is 330 g/mol. The third-order valence-corrected chi connectivity index (χ3v) is 4.21. The van der Waals surface area contributed by atoms with Crippen LogP contribution in [-0.4, -0.2) is 29.3 Å². The van der Waals surface area contributed by atoms with E-state index >= 15 is 0 Å². The molecule has 1 saturated heterocycles. The van der Waals surface area contributed by atoms with Crippen LogP contribution in [0.1, 0.15) is 12.8 Å². The molecule has 0 amide bonds. The van der Waals surface area contributed by atoms with E-state index in [2.05, 4.69) is 43.4 Å². The summed E-state index contributed by atoms with van der Waals surface area (Å²) in [6, 6.07) is 4.60. The Kier molecular flexibility index (Phi) is 2.97. The summed E-state index contributed by atoms with van der Waals surface area (Å²) in [7, 11) is 0. The van der Waals surface area contributed by atoms with Crippen LogP contribution in [-0.2, 0) is 0 Å². The van der Waals surface area contributed by atoms with Crippen LogP contribution in [0.15, 0.2) is 12.1 Å². The Balaban J connectivity index is 1.62. The Morgan fingerprint density at radius 1 is 1.19 bits per heavy atom. The van der Waals surface area contributed by atoms with Gasteiger partial charge in [-0.2, -0.15) is 0 Å². The molecule has 1 aliphatic carbocycles. The van der Waals surface area contributed by atoms with Crippen LogP contribution >= 0.6 is 22.6 Å². The van der Waals surface area contributed by atoms with Crippen LogP contribution in [0.5, 0.6) is 0 Å². The molecule has 0 spiro atoms. The molecule has 1 aromatic heterocycles. The number of halogens is 1. The van der Waals surface area contributed by atoms with Gasteiger partial charge in [-0.25, -0.2) is 0 Å². The zero-order valence-electron chi connectivity index (χ0n) is 8.99. The van der Waals surface area contributed by atoms with Crippen molar-refractivity contribution in [1.82, 2.24) is 15.5 Å². The van der Waals surface area contributed by atoms with Gasteiger partial charge in [0, 0.05) is 6.04 Å². The van der Waals surface area contributed by atoms with E-state index in [-0.39, 0.29) is 0 Å². The van der Waals surface area contributed by atoms with Crippen molar-refractivity contribution in [2.75, 3.05) is 18.4 Å². The quantitative estimate of drug-likeness (QED) is 0.807. The van der Waals surface area contributed by atoms with Crippen molar-refractivity contribution in [3.05, 3.63) is 15.8 Å². The van der Waals surface area contributed by atoms with Crippen LogP contribution in [0.2, 0.25) is 0 Å². The molecule has 3 rings (SSSR count). The van der Waals surface area contributed by atoms with E-state index in [0.717, 1.165) is 21.4 Å². The SMILES string of the molecule is Ic1ccc(N[C@@H]2CC3CNC[C@H]3C2)nn1. The lowest BCUT2D eigenvalue weighted by Crippen LogP contribution is -2.21. The molecule has 0 bridgehead atoms. The van der Waals surface area contributed by atoms with Gasteiger partial charge in [0.15, 0.2) is 0 Å². The molecule has 5 heteroatoms. The predicted octanol–water partition coefficient (Wildman–Crippen LogP) is 1.49. The van der Waals surface area contributed by atoms with Crippen molar-refractivity contribution in [2.24, 2.45) is 11.8 Å². The molecular formula is C11H15IN4. The van der Waals surface area contributed by atoms with Crippen LogP contribution in [0, 0.1) is 15.5 Å². The van der Waals surface area contributed by atoms with E-state index in [1.807, 2.05) is 12.1 Å². The van der Waals surface area contributed by atoms with Crippen molar-refractivity contribution >= 4 is 28.4 Å². The number of nitrogens with zero attached hydrogens (tertiary/aromatic N) is 2. The fraction of sp³-hybridized carbons (Fsp3) is 0.636. The zero-order chi connectivity index (χ0) is 11.0. The van der Waals surface area contributed by atoms with Crippen LogP contribution in [0.25, 0.3) is 0 Å². The second-order valence-corrected chi connectivity index (χ2v) is 5.84. The van der Waals surface area contributed by atoms with Crippen LogP contribution < -0.4 is 10.6 Å². The topological polar surface area (TPSA) is 49.8 Å². The van der Waals surface area contributed by atoms with Crippen molar-refractivity contribution in [2.45, 2.75) is 18.9 Å². The first-order chi connectivity index (χ1) is 7.81. The van der Waals surface area contributed by atoms with Crippen molar-refractivity contribution < 1.29 is 0 Å². The number of hydrogen-bond donors (Lipinski definition) is 2. The molecule has 3 atom stereocenters. The van der Waals surface area contributed by atoms with Gasteiger partial charge in [0.25, 0.3) is 0 Å². The number of fused-ring (bicyclic) bond motifs is 1. The fourth-order valence-electron chi connectivity index (χ4n) is 2.89. The molecule has 1 saturated carbocycles. The molecule has 2 fully saturated rings. The van der Waals surface area contributed by atoms with E-state index in [1.54, 1.807) is 0 Å². The number of nitrogens with one attached hydrogen (secondary N) is 2. The van der Waals surface area contributed by atoms with Gasteiger partial charge in [-0.15, -0.1) is 10.2 Å². The van der Waals surface area contributed by atoms with E-state index in [9.17, 15) is 0 Å². The van der Waals surface area contributed by atoms with Crippen molar-refractivity contribution in [3.8, 4) is 0 Å². The van der Waals surface area contributed by atoms with Gasteiger partial charge in [-0.3, -0.25) is 0 Å². The normalized spacial score (nSPS) is 32.7. The first-order valence-corrected chi connectivity index (χ1v) is 6.85. The maximum absolute atomic E-state index is 4.15. The summed E-state index contributed by atoms with van der Waals surface area (Å²) in [5, 5.41) is 15.2. The number of hydrogen-bond acceptors (Lipinski definition) is 4. The minimum absolute atomic E-state index is 0.589. The molecule has 2 N–H and O–H groups in total. The van der Waals surface area contributed by atoms with Gasteiger partial charge in [-0.05, 0) is 72.5 Å². The fourth-order valence-corrected chi connectivity index (χ4v) is 3.17. The third-order valence-electron chi connectivity index (χ3n) is 3.64. The van der Waals surface area contributed by atoms with Gasteiger partial charge in [0.1, 0.15) is 9.52 Å². The highest BCUT2D eigenvalue weighted by molar-refractivity contribution is 14.1. The summed E-state index contributed by atoms with van der Waals surface area (Å²) < 4.78 is 0.940. The zero-order valence-corrected chi connectivity index (χ0v) is 11.1. The molecular weight excluding hydrogens is 315 g/mol. The number of anilines is 1. The average Bonchev–Trinajstić information content (AvgIpc) is 2.81. The molecule has 1 aliphatic heterocycles. The minimum atomic E-state index is 0.589. The summed E-state index contributed by atoms with van der Waals surface area (Å²) in [6.07, 6.45) is 2.54. The molecule has 1 unspecified atom stereocenters. The standard InChI is InChI=1S/C11H15IN4/c12-10-1-2-11(16-15-10)14-9-3-7-5-13-6-8(7)4-9/h1-2,7-9,13H,3-6H2,(H,14,16)/t7-,8?,9+/m1/s1. The minimum Gasteiger partial charge on any atom is -0.366 e. The Morgan fingerprint density at radius 3 is 2.56 bits per heavy atom. The van der Waals surface area contributed by atoms with Crippen LogP contribution in [0.4, 0.5) is 5.82 Å². The Labute approximate surface area is 109 Å². The van der Waals surface area contributed by atoms with Gasteiger partial charge in [-0.1, -0.05) is 0 Å². The molecule has 0 aromatic carbocycles. The third kappa shape index (κ3) is 2.15. The highest BCUT2D eigenvalue weighted by Gasteiger charge is 2.37. The monoisotopic (exact) mass is 330 g/mol. The maximum Gasteiger partial charge on any atom is 0.148 e. The molecule has 86 valence electrons. The second-order valence-electron chi connectivity index (χ2n) is 4.73. The van der Waals surface area contributed by atoms with E-state index in [4.69, 9.17) is 0 Å². The molecule has 2 aliphatic rings. The van der Waals surface area contributed by atoms with Gasteiger partial charge in [0.2, 0.25) is 0 Å². The second kappa shape index (κ2) is 4.44. The highest BCUT2D eigenvalue weighted by Crippen LogP contribution is 2.35. The largest absolute Gasteiger partial charge is 0.366 e. The van der Waals surface area contributed by atoms with E-state index < -0.39 is 0 Å². The lowest BCUT2D eigenvalue weighted by Gasteiger charge is -2.13. The maximum atomic E-state index is 4.15. The predicted molar refractivity (Wildman–Crippen MR) is 71.2 cm³/mol. The first-order valence-electron chi connectivity index (χ1n) is 5.78. The summed E-state index contributed by atoms with van der Waals surface area (Å²) in [5.74, 6) is 2.65. The molecule has 1 aromatic rings. The first kappa shape index (κ1) is 10.7. The summed E-state index contributed by atoms with van der Waals surface area (Å²) in [4.78, 5) is 0. The smallest absolute Gasteiger partial charge is 0.148 e. The summed E-state index contributed by atoms with van der Waals surface area (Å²) in [6.45, 7) is 2.39. The van der Waals surface area contributed by atoms with Crippen LogP contribution in [0.3, 0.4) is 0 Å². The lowest BCUT2D eigenvalue weighted by atomic mass is 10.0. The van der Waals surface area contributed by atoms with Gasteiger partial charge < -0.3 is 10.6 Å². The molecule has 4 nitrogen and oxygen atoms in total. The molecule has 2 heterocycles. The van der Waals surface area contributed by atoms with Crippen molar-refractivity contribution in [1.29, 1.82) is 0 Å². The number of rotatable bonds is 2. The number of aromatic nitrogens is 2. The Bertz CT molecular complexity index is 355. The molecule has 16 heavy (non-hydrogen) atoms. The highest BCUT2D eigenvalue weighted by atomic mass is 127. The molecule has 0 radical (unpaired) electrons. The van der Waals surface area contributed by atoms with Crippen molar-refractivity contribution in [3.63, 3.8) is 0 Å². The van der Waals surface area contributed by atoms with E-state index in [1.165, 1.54) is 25.9 Å². The van der Waals surface area contributed by atoms with E-state index in [0.29, 0.717) is 6.04 Å².